The van der Waals surface area contributed by atoms with Crippen LogP contribution < -0.4 is 10.9 Å². The van der Waals surface area contributed by atoms with Gasteiger partial charge in [0, 0.05) is 34.9 Å². The minimum Gasteiger partial charge on any atom is -0.303 e. The molecule has 0 aliphatic carbocycles. The molecule has 1 amide bonds. The van der Waals surface area contributed by atoms with Gasteiger partial charge in [0.1, 0.15) is 0 Å². The monoisotopic (exact) mass is 305 g/mol. The maximum absolute atomic E-state index is 11.9. The van der Waals surface area contributed by atoms with E-state index in [4.69, 9.17) is 0 Å². The van der Waals surface area contributed by atoms with Gasteiger partial charge < -0.3 is 5.43 Å². The number of nitrogens with one attached hydrogen (secondary N) is 2. The maximum atomic E-state index is 11.9. The summed E-state index contributed by atoms with van der Waals surface area (Å²) in [6, 6.07) is 5.21. The van der Waals surface area contributed by atoms with Gasteiger partial charge in [-0.25, -0.2) is 0 Å². The Balaban J connectivity index is 2.64. The van der Waals surface area contributed by atoms with E-state index in [2.05, 4.69) is 10.9 Å². The number of rotatable bonds is 5. The van der Waals surface area contributed by atoms with E-state index < -0.39 is 16.2 Å². The van der Waals surface area contributed by atoms with E-state index >= 15 is 0 Å². The van der Waals surface area contributed by atoms with E-state index in [1.807, 2.05) is 0 Å². The average molecular weight is 305 g/mol. The van der Waals surface area contributed by atoms with Crippen molar-refractivity contribution in [2.45, 2.75) is 27.7 Å². The summed E-state index contributed by atoms with van der Waals surface area (Å²) in [5.74, 6) is -0.520. The summed E-state index contributed by atoms with van der Waals surface area (Å²) < 4.78 is 0. The summed E-state index contributed by atoms with van der Waals surface area (Å²) in [5.41, 5.74) is 5.24. The molecule has 0 heterocycles. The number of nitro benzene ring substituents is 1. The number of allylic oxidation sites excluding steroid dienone is 2. The van der Waals surface area contributed by atoms with E-state index in [1.165, 1.54) is 30.3 Å². The fourth-order valence-corrected chi connectivity index (χ4v) is 1.41. The van der Waals surface area contributed by atoms with Crippen molar-refractivity contribution in [2.24, 2.45) is 5.41 Å². The summed E-state index contributed by atoms with van der Waals surface area (Å²) >= 11 is 0. The maximum Gasteiger partial charge on any atom is 0.269 e. The smallest absolute Gasteiger partial charge is 0.269 e. The third-order valence-corrected chi connectivity index (χ3v) is 2.80. The van der Waals surface area contributed by atoms with Gasteiger partial charge in [0.05, 0.1) is 4.92 Å². The van der Waals surface area contributed by atoms with Gasteiger partial charge in [-0.15, -0.1) is 0 Å². The van der Waals surface area contributed by atoms with Crippen molar-refractivity contribution >= 4 is 17.4 Å². The molecule has 0 saturated heterocycles. The topological polar surface area (TPSA) is 101 Å². The van der Waals surface area contributed by atoms with Gasteiger partial charge in [-0.3, -0.25) is 25.1 Å². The van der Waals surface area contributed by atoms with Gasteiger partial charge in [-0.2, -0.15) is 0 Å². The molecule has 0 bridgehead atoms. The number of ketones is 1. The Hall–Kier alpha value is -2.70. The van der Waals surface area contributed by atoms with Crippen molar-refractivity contribution < 1.29 is 14.5 Å². The normalized spacial score (nSPS) is 11.7. The van der Waals surface area contributed by atoms with Gasteiger partial charge in [-0.1, -0.05) is 20.8 Å². The number of hydrogen-bond donors (Lipinski definition) is 2. The fraction of sp³-hybridized carbons (Fsp3) is 0.333. The Kier molecular flexibility index (Phi) is 5.39. The van der Waals surface area contributed by atoms with Crippen LogP contribution in [-0.4, -0.2) is 16.6 Å². The zero-order valence-electron chi connectivity index (χ0n) is 13.0. The van der Waals surface area contributed by atoms with Crippen LogP contribution in [0.4, 0.5) is 5.69 Å². The number of non-ortho nitro benzene ring substituents is 1. The largest absolute Gasteiger partial charge is 0.303 e. The first-order valence-corrected chi connectivity index (χ1v) is 6.65. The molecule has 0 aliphatic heterocycles. The number of benzene rings is 1. The standard InChI is InChI=1S/C15H19N3O4/c1-10(9-13(19)15(2,3)4)16-17-14(20)11-5-7-12(8-6-11)18(21)22/h5-9,16H,1-4H3,(H,17,20)/b10-9+. The Morgan fingerprint density at radius 2 is 1.68 bits per heavy atom. The number of hydrazine groups is 1. The van der Waals surface area contributed by atoms with Crippen molar-refractivity contribution in [1.29, 1.82) is 0 Å². The van der Waals surface area contributed by atoms with Gasteiger partial charge >= 0.3 is 0 Å². The van der Waals surface area contributed by atoms with E-state index in [-0.39, 0.29) is 17.0 Å². The highest BCUT2D eigenvalue weighted by atomic mass is 16.6. The van der Waals surface area contributed by atoms with Crippen LogP contribution in [0.15, 0.2) is 36.0 Å². The molecule has 1 aromatic carbocycles. The van der Waals surface area contributed by atoms with Gasteiger partial charge in [0.15, 0.2) is 5.78 Å². The number of nitrogens with zero attached hydrogens (tertiary/aromatic N) is 1. The fourth-order valence-electron chi connectivity index (χ4n) is 1.41. The molecule has 0 aromatic heterocycles. The van der Waals surface area contributed by atoms with Crippen LogP contribution in [0.5, 0.6) is 0 Å². The van der Waals surface area contributed by atoms with Crippen LogP contribution in [0.25, 0.3) is 0 Å². The second kappa shape index (κ2) is 6.84. The van der Waals surface area contributed by atoms with Gasteiger partial charge in [0.25, 0.3) is 11.6 Å². The zero-order valence-corrected chi connectivity index (χ0v) is 13.0. The van der Waals surface area contributed by atoms with E-state index in [9.17, 15) is 19.7 Å². The third kappa shape index (κ3) is 5.01. The molecule has 0 atom stereocenters. The lowest BCUT2D eigenvalue weighted by atomic mass is 9.90. The summed E-state index contributed by atoms with van der Waals surface area (Å²) in [4.78, 5) is 33.7. The van der Waals surface area contributed by atoms with Crippen molar-refractivity contribution in [3.8, 4) is 0 Å². The summed E-state index contributed by atoms with van der Waals surface area (Å²) in [5, 5.41) is 10.5. The van der Waals surface area contributed by atoms with Crippen LogP contribution in [0.3, 0.4) is 0 Å². The highest BCUT2D eigenvalue weighted by Crippen LogP contribution is 2.15. The van der Waals surface area contributed by atoms with E-state index in [0.717, 1.165) is 0 Å². The van der Waals surface area contributed by atoms with Crippen LogP contribution in [-0.2, 0) is 4.79 Å². The van der Waals surface area contributed by atoms with Crippen molar-refractivity contribution in [1.82, 2.24) is 10.9 Å². The number of amides is 1. The summed E-state index contributed by atoms with van der Waals surface area (Å²) in [7, 11) is 0. The first kappa shape index (κ1) is 17.4. The van der Waals surface area contributed by atoms with Crippen LogP contribution in [0.1, 0.15) is 38.1 Å². The quantitative estimate of drug-likeness (QED) is 0.494. The molecular weight excluding hydrogens is 286 g/mol. The number of carbonyl (C=O) groups excluding carboxylic acids is 2. The van der Waals surface area contributed by atoms with Gasteiger partial charge in [-0.05, 0) is 19.1 Å². The molecule has 0 spiro atoms. The number of carbonyl (C=O) groups is 2. The predicted octanol–water partition coefficient (Wildman–Crippen LogP) is 2.35. The molecule has 1 rings (SSSR count). The first-order valence-electron chi connectivity index (χ1n) is 6.65. The molecule has 1 aromatic rings. The van der Waals surface area contributed by atoms with Crippen LogP contribution in [0, 0.1) is 15.5 Å². The lowest BCUT2D eigenvalue weighted by Crippen LogP contribution is -2.36. The minimum atomic E-state index is -0.537. The molecule has 0 fully saturated rings. The highest BCUT2D eigenvalue weighted by Gasteiger charge is 2.19. The molecule has 118 valence electrons. The van der Waals surface area contributed by atoms with E-state index in [1.54, 1.807) is 27.7 Å². The molecular formula is C15H19N3O4. The Morgan fingerprint density at radius 3 is 2.14 bits per heavy atom. The third-order valence-electron chi connectivity index (χ3n) is 2.80. The second-order valence-corrected chi connectivity index (χ2v) is 5.82. The number of nitro groups is 1. The molecule has 0 aliphatic rings. The van der Waals surface area contributed by atoms with Crippen molar-refractivity contribution in [2.75, 3.05) is 0 Å². The molecule has 7 nitrogen and oxygen atoms in total. The Labute approximate surface area is 128 Å². The second-order valence-electron chi connectivity index (χ2n) is 5.82. The molecule has 7 heteroatoms. The van der Waals surface area contributed by atoms with Gasteiger partial charge in [0.2, 0.25) is 0 Å². The SMILES string of the molecule is C/C(=C\C(=O)C(C)(C)C)NNC(=O)c1ccc([N+](=O)[O-])cc1. The van der Waals surface area contributed by atoms with Crippen molar-refractivity contribution in [3.05, 3.63) is 51.7 Å². The van der Waals surface area contributed by atoms with Crippen molar-refractivity contribution in [3.63, 3.8) is 0 Å². The first-order chi connectivity index (χ1) is 10.1. The van der Waals surface area contributed by atoms with E-state index in [0.29, 0.717) is 5.70 Å². The average Bonchev–Trinajstić information content (AvgIpc) is 2.43. The van der Waals surface area contributed by atoms with Crippen LogP contribution in [0.2, 0.25) is 0 Å². The molecule has 0 radical (unpaired) electrons. The minimum absolute atomic E-state index is 0.0675. The highest BCUT2D eigenvalue weighted by molar-refractivity contribution is 5.95. The lowest BCUT2D eigenvalue weighted by Gasteiger charge is -2.15. The molecule has 22 heavy (non-hydrogen) atoms. The Bertz CT molecular complexity index is 613. The molecule has 2 N–H and O–H groups in total. The van der Waals surface area contributed by atoms with Crippen LogP contribution >= 0.6 is 0 Å². The molecule has 0 saturated carbocycles. The summed E-state index contributed by atoms with van der Waals surface area (Å²) in [6.07, 6.45) is 1.41. The predicted molar refractivity (Wildman–Crippen MR) is 81.9 cm³/mol. The number of hydrogen-bond acceptors (Lipinski definition) is 5. The summed E-state index contributed by atoms with van der Waals surface area (Å²) in [6.45, 7) is 7.05. The Morgan fingerprint density at radius 1 is 1.14 bits per heavy atom. The zero-order chi connectivity index (χ0) is 16.9. The molecule has 0 unspecified atom stereocenters. The lowest BCUT2D eigenvalue weighted by molar-refractivity contribution is -0.384.